The molecule has 1 aromatic heterocycles. The second-order valence-corrected chi connectivity index (χ2v) is 1.36. The van der Waals surface area contributed by atoms with Crippen LogP contribution in [0.1, 0.15) is 0 Å². The van der Waals surface area contributed by atoms with E-state index in [-0.39, 0.29) is 5.88 Å². The van der Waals surface area contributed by atoms with Crippen molar-refractivity contribution in [3.8, 4) is 5.88 Å². The Morgan fingerprint density at radius 3 is 2.56 bits per heavy atom. The lowest BCUT2D eigenvalue weighted by molar-refractivity contribution is 0.360. The highest BCUT2D eigenvalue weighted by molar-refractivity contribution is 5.03. The summed E-state index contributed by atoms with van der Waals surface area (Å²) >= 11 is 0. The van der Waals surface area contributed by atoms with Gasteiger partial charge in [-0.25, -0.2) is 9.97 Å². The second-order valence-electron chi connectivity index (χ2n) is 1.36. The number of halogens is 1. The molecule has 48 valence electrons. The molecule has 0 spiro atoms. The summed E-state index contributed by atoms with van der Waals surface area (Å²) in [6, 6.07) is 0. The van der Waals surface area contributed by atoms with Crippen LogP contribution in [0.25, 0.3) is 0 Å². The largest absolute Gasteiger partial charge is 0.478 e. The van der Waals surface area contributed by atoms with E-state index in [4.69, 9.17) is 0 Å². The third kappa shape index (κ3) is 1.13. The van der Waals surface area contributed by atoms with Gasteiger partial charge in [0.1, 0.15) is 0 Å². The minimum Gasteiger partial charge on any atom is -0.478 e. The molecule has 0 saturated carbocycles. The van der Waals surface area contributed by atoms with Crippen molar-refractivity contribution in [1.82, 2.24) is 9.97 Å². The molecule has 0 saturated heterocycles. The Morgan fingerprint density at radius 2 is 2.11 bits per heavy atom. The van der Waals surface area contributed by atoms with Gasteiger partial charge in [0.2, 0.25) is 0 Å². The molecule has 9 heavy (non-hydrogen) atoms. The summed E-state index contributed by atoms with van der Waals surface area (Å²) < 4.78 is 16.8. The lowest BCUT2D eigenvalue weighted by Crippen LogP contribution is -1.92. The summed E-state index contributed by atoms with van der Waals surface area (Å²) in [7, 11) is 1.34. The van der Waals surface area contributed by atoms with Crippen LogP contribution in [0, 0.1) is 5.95 Å². The van der Waals surface area contributed by atoms with Crippen molar-refractivity contribution in [2.45, 2.75) is 0 Å². The third-order valence-electron chi connectivity index (χ3n) is 0.816. The standard InChI is InChI=1S/C5H5FN2O/c1-9-5-4(6)7-2-3-8-5/h2-3H,1H3. The number of ether oxygens (including phenoxy) is 1. The second kappa shape index (κ2) is 2.39. The Labute approximate surface area is 51.5 Å². The Kier molecular flexibility index (Phi) is 1.58. The molecule has 0 aromatic carbocycles. The van der Waals surface area contributed by atoms with Gasteiger partial charge in [-0.05, 0) is 0 Å². The smallest absolute Gasteiger partial charge is 0.275 e. The van der Waals surface area contributed by atoms with Crippen molar-refractivity contribution < 1.29 is 9.13 Å². The SMILES string of the molecule is COc1nccnc1F. The van der Waals surface area contributed by atoms with Crippen molar-refractivity contribution in [3.05, 3.63) is 18.3 Å². The van der Waals surface area contributed by atoms with Crippen molar-refractivity contribution in [3.63, 3.8) is 0 Å². The van der Waals surface area contributed by atoms with E-state index in [2.05, 4.69) is 14.7 Å². The molecular weight excluding hydrogens is 123 g/mol. The Balaban J connectivity index is 3.01. The first-order valence-electron chi connectivity index (χ1n) is 2.35. The van der Waals surface area contributed by atoms with E-state index in [1.54, 1.807) is 0 Å². The van der Waals surface area contributed by atoms with Crippen LogP contribution in [-0.2, 0) is 0 Å². The Morgan fingerprint density at radius 1 is 1.44 bits per heavy atom. The number of rotatable bonds is 1. The number of hydrogen-bond acceptors (Lipinski definition) is 3. The van der Waals surface area contributed by atoms with E-state index in [0.717, 1.165) is 0 Å². The first-order chi connectivity index (χ1) is 4.34. The molecule has 0 fully saturated rings. The van der Waals surface area contributed by atoms with E-state index < -0.39 is 5.95 Å². The molecule has 0 radical (unpaired) electrons. The predicted octanol–water partition coefficient (Wildman–Crippen LogP) is 0.624. The lowest BCUT2D eigenvalue weighted by atomic mass is 10.7. The predicted molar refractivity (Wildman–Crippen MR) is 28.5 cm³/mol. The van der Waals surface area contributed by atoms with Gasteiger partial charge in [0.15, 0.2) is 0 Å². The summed E-state index contributed by atoms with van der Waals surface area (Å²) in [5.74, 6) is -0.752. The minimum absolute atomic E-state index is 0.0718. The maximum atomic E-state index is 12.3. The van der Waals surface area contributed by atoms with Crippen molar-refractivity contribution in [1.29, 1.82) is 0 Å². The van der Waals surface area contributed by atoms with Gasteiger partial charge in [-0.3, -0.25) is 0 Å². The highest BCUT2D eigenvalue weighted by Crippen LogP contribution is 2.05. The van der Waals surface area contributed by atoms with Crippen LogP contribution in [0.5, 0.6) is 5.88 Å². The van der Waals surface area contributed by atoms with Gasteiger partial charge >= 0.3 is 0 Å². The fourth-order valence-corrected chi connectivity index (χ4v) is 0.445. The third-order valence-corrected chi connectivity index (χ3v) is 0.816. The van der Waals surface area contributed by atoms with Gasteiger partial charge in [0, 0.05) is 12.4 Å². The van der Waals surface area contributed by atoms with Crippen LogP contribution in [0.4, 0.5) is 4.39 Å². The molecule has 0 aliphatic heterocycles. The van der Waals surface area contributed by atoms with Crippen LogP contribution in [0.3, 0.4) is 0 Å². The van der Waals surface area contributed by atoms with Crippen molar-refractivity contribution in [2.75, 3.05) is 7.11 Å². The number of aromatic nitrogens is 2. The van der Waals surface area contributed by atoms with Gasteiger partial charge in [-0.1, -0.05) is 0 Å². The monoisotopic (exact) mass is 128 g/mol. The molecule has 0 aliphatic rings. The van der Waals surface area contributed by atoms with Gasteiger partial charge in [-0.2, -0.15) is 4.39 Å². The van der Waals surface area contributed by atoms with E-state index in [9.17, 15) is 4.39 Å². The van der Waals surface area contributed by atoms with Crippen molar-refractivity contribution in [2.24, 2.45) is 0 Å². The van der Waals surface area contributed by atoms with E-state index in [1.807, 2.05) is 0 Å². The summed E-state index contributed by atoms with van der Waals surface area (Å²) in [6.07, 6.45) is 2.62. The van der Waals surface area contributed by atoms with Crippen LogP contribution < -0.4 is 4.74 Å². The number of hydrogen-bond donors (Lipinski definition) is 0. The van der Waals surface area contributed by atoms with Gasteiger partial charge in [0.25, 0.3) is 11.8 Å². The maximum Gasteiger partial charge on any atom is 0.275 e. The van der Waals surface area contributed by atoms with Crippen LogP contribution in [0.2, 0.25) is 0 Å². The molecule has 0 unspecified atom stereocenters. The molecule has 0 N–H and O–H groups in total. The zero-order chi connectivity index (χ0) is 6.69. The number of methoxy groups -OCH3 is 1. The zero-order valence-electron chi connectivity index (χ0n) is 4.84. The summed E-state index contributed by atoms with van der Waals surface area (Å²) in [4.78, 5) is 6.83. The highest BCUT2D eigenvalue weighted by Gasteiger charge is 1.99. The average Bonchev–Trinajstić information content (AvgIpc) is 1.89. The summed E-state index contributed by atoms with van der Waals surface area (Å²) in [5, 5.41) is 0. The molecule has 1 rings (SSSR count). The highest BCUT2D eigenvalue weighted by atomic mass is 19.1. The molecule has 1 aromatic rings. The van der Waals surface area contributed by atoms with Gasteiger partial charge in [-0.15, -0.1) is 0 Å². The van der Waals surface area contributed by atoms with Crippen LogP contribution in [-0.4, -0.2) is 17.1 Å². The first kappa shape index (κ1) is 5.94. The molecular formula is C5H5FN2O. The summed E-state index contributed by atoms with van der Waals surface area (Å²) in [6.45, 7) is 0. The van der Waals surface area contributed by atoms with Crippen LogP contribution in [0.15, 0.2) is 12.4 Å². The lowest BCUT2D eigenvalue weighted by Gasteiger charge is -1.94. The minimum atomic E-state index is -0.681. The topological polar surface area (TPSA) is 35.0 Å². The fraction of sp³-hybridized carbons (Fsp3) is 0.200. The molecule has 0 amide bonds. The molecule has 4 heteroatoms. The van der Waals surface area contributed by atoms with E-state index in [0.29, 0.717) is 0 Å². The van der Waals surface area contributed by atoms with Gasteiger partial charge in [0.05, 0.1) is 7.11 Å². The summed E-state index contributed by atoms with van der Waals surface area (Å²) in [5.41, 5.74) is 0. The average molecular weight is 128 g/mol. The molecule has 1 heterocycles. The zero-order valence-corrected chi connectivity index (χ0v) is 4.84. The first-order valence-corrected chi connectivity index (χ1v) is 2.35. The van der Waals surface area contributed by atoms with E-state index >= 15 is 0 Å². The number of nitrogens with zero attached hydrogens (tertiary/aromatic N) is 2. The maximum absolute atomic E-state index is 12.3. The molecule has 0 atom stereocenters. The van der Waals surface area contributed by atoms with Crippen molar-refractivity contribution >= 4 is 0 Å². The molecule has 0 aliphatic carbocycles. The fourth-order valence-electron chi connectivity index (χ4n) is 0.445. The normalized spacial score (nSPS) is 9.11. The molecule has 0 bridgehead atoms. The Hall–Kier alpha value is -1.19. The van der Waals surface area contributed by atoms with Gasteiger partial charge < -0.3 is 4.74 Å². The quantitative estimate of drug-likeness (QED) is 0.556. The van der Waals surface area contributed by atoms with E-state index in [1.165, 1.54) is 19.5 Å². The van der Waals surface area contributed by atoms with Crippen LogP contribution >= 0.6 is 0 Å². The molecule has 3 nitrogen and oxygen atoms in total. The Bertz CT molecular complexity index is 204.